The van der Waals surface area contributed by atoms with Crippen molar-refractivity contribution in [3.63, 3.8) is 0 Å². The van der Waals surface area contributed by atoms with E-state index in [1.807, 2.05) is 0 Å². The Morgan fingerprint density at radius 1 is 0.656 bits per heavy atom. The van der Waals surface area contributed by atoms with Gasteiger partial charge < -0.3 is 89.2 Å². The quantitative estimate of drug-likeness (QED) is 0.0238. The van der Waals surface area contributed by atoms with Crippen molar-refractivity contribution in [2.45, 2.75) is 63.1 Å². The summed E-state index contributed by atoms with van der Waals surface area (Å²) in [5.41, 5.74) is 0.999. The van der Waals surface area contributed by atoms with Crippen LogP contribution in [-0.4, -0.2) is 286 Å². The lowest BCUT2D eigenvalue weighted by Crippen LogP contribution is -2.53. The Balaban J connectivity index is 0.915. The van der Waals surface area contributed by atoms with Gasteiger partial charge in [-0.05, 0) is 74.1 Å². The highest BCUT2D eigenvalue weighted by atomic mass is 32.3. The molecule has 2 aromatic heterocycles. The summed E-state index contributed by atoms with van der Waals surface area (Å²) in [7, 11) is -7.10. The summed E-state index contributed by atoms with van der Waals surface area (Å²) in [6.45, 7) is 4.44. The molecule has 2 atom stereocenters. The number of amides is 4. The number of aromatic nitrogens is 3. The van der Waals surface area contributed by atoms with Crippen LogP contribution >= 0.6 is 10.9 Å². The number of H-pyrrole nitrogens is 1. The van der Waals surface area contributed by atoms with Crippen LogP contribution in [0.25, 0.3) is 10.9 Å². The third-order valence-corrected chi connectivity index (χ3v) is 17.3. The molecule has 0 saturated carbocycles. The highest BCUT2D eigenvalue weighted by Gasteiger charge is 2.31. The number of pyridine rings is 1. The highest BCUT2D eigenvalue weighted by Crippen LogP contribution is 2.33. The van der Waals surface area contributed by atoms with Gasteiger partial charge in [0.2, 0.25) is 33.2 Å². The molecule has 14 N–H and O–H groups in total. The molecule has 1 aliphatic heterocycles. The van der Waals surface area contributed by atoms with Crippen LogP contribution in [0.3, 0.4) is 0 Å². The predicted octanol–water partition coefficient (Wildman–Crippen LogP) is -0.943. The molecule has 0 spiro atoms. The van der Waals surface area contributed by atoms with Crippen molar-refractivity contribution in [1.29, 1.82) is 0 Å². The van der Waals surface area contributed by atoms with Gasteiger partial charge in [-0.25, -0.2) is 13.4 Å². The number of ether oxygens (including phenoxy) is 4. The Morgan fingerprint density at radius 2 is 1.19 bits per heavy atom. The number of aryl methyl sites for hydroxylation is 3. The summed E-state index contributed by atoms with van der Waals surface area (Å²) in [5, 5.41) is 51.9. The number of imidazole rings is 1. The van der Waals surface area contributed by atoms with Crippen molar-refractivity contribution in [2.75, 3.05) is 155 Å². The zero-order chi connectivity index (χ0) is 70.4. The minimum atomic E-state index is -4.48. The third kappa shape index (κ3) is 28.8. The Hall–Kier alpha value is -7.92. The lowest BCUT2D eigenvalue weighted by Gasteiger charge is -2.33. The van der Waals surface area contributed by atoms with Crippen LogP contribution in [0.2, 0.25) is 0 Å². The van der Waals surface area contributed by atoms with Crippen molar-refractivity contribution in [2.24, 2.45) is 7.05 Å². The van der Waals surface area contributed by atoms with E-state index < -0.39 is 92.3 Å². The maximum absolute atomic E-state index is 13.6. The van der Waals surface area contributed by atoms with Gasteiger partial charge in [0, 0.05) is 129 Å². The number of hydrogen-bond acceptors (Lipinski definition) is 24. The van der Waals surface area contributed by atoms with E-state index in [0.29, 0.717) is 56.2 Å². The maximum atomic E-state index is 13.6. The number of aromatic amines is 1. The van der Waals surface area contributed by atoms with Crippen LogP contribution in [0.1, 0.15) is 52.7 Å². The van der Waals surface area contributed by atoms with Crippen molar-refractivity contribution in [3.8, 4) is 5.75 Å². The van der Waals surface area contributed by atoms with Gasteiger partial charge in [-0.2, -0.15) is 4.72 Å². The average molecular weight is 1400 g/mol. The molecule has 0 aliphatic carbocycles. The summed E-state index contributed by atoms with van der Waals surface area (Å²) >= 11 is 0. The Bertz CT molecular complexity index is 3360. The molecule has 1 fully saturated rings. The molecular formula is C59H89N13O22S2. The fourth-order valence-electron chi connectivity index (χ4n) is 10.1. The number of rotatable bonds is 41. The Morgan fingerprint density at radius 3 is 1.70 bits per heavy atom. The molecule has 4 amide bonds. The third-order valence-electron chi connectivity index (χ3n) is 14.8. The maximum Gasteiger partial charge on any atom is 0.323 e. The van der Waals surface area contributed by atoms with Crippen LogP contribution in [0.5, 0.6) is 5.75 Å². The van der Waals surface area contributed by atoms with E-state index in [1.165, 1.54) is 32.2 Å². The van der Waals surface area contributed by atoms with E-state index in [0.717, 1.165) is 5.56 Å². The lowest BCUT2D eigenvalue weighted by molar-refractivity contribution is -0.140. The van der Waals surface area contributed by atoms with Crippen LogP contribution in [-0.2, 0) is 71.4 Å². The molecule has 5 rings (SSSR count). The first-order chi connectivity index (χ1) is 45.6. The van der Waals surface area contributed by atoms with Gasteiger partial charge in [-0.3, -0.25) is 62.8 Å². The van der Waals surface area contributed by atoms with Crippen LogP contribution in [0.4, 0.5) is 5.95 Å². The van der Waals surface area contributed by atoms with Gasteiger partial charge in [0.15, 0.2) is 5.95 Å². The minimum Gasteiger partial charge on any atom is -0.494 e. The van der Waals surface area contributed by atoms with Crippen LogP contribution in [0, 0.1) is 13.8 Å². The van der Waals surface area contributed by atoms with Crippen molar-refractivity contribution < 1.29 is 99.8 Å². The van der Waals surface area contributed by atoms with Gasteiger partial charge >= 0.3 is 23.9 Å². The first-order valence-corrected chi connectivity index (χ1v) is 34.0. The SMILES string of the molecule is Cc1cc(OCCCC(=O)NCCCOCCOCCOCCCNC(=O)[C@@H](CS(O)(O)O)NC(=O)CN2CCN(CC(=O)O)CCN(CC(=O)O)CCN(CC(=O)O)CC2)cc(C)c1S(=O)(=O)N[C@@H](CNC(=O)c1cn(C)c2cc(CNc3ncc[nH]3)ccc2c1=O)C(=O)O. The number of aliphatic carboxylic acids is 4. The van der Waals surface area contributed by atoms with Gasteiger partial charge in [-0.1, -0.05) is 6.07 Å². The van der Waals surface area contributed by atoms with Crippen molar-refractivity contribution >= 4 is 85.3 Å². The number of benzene rings is 2. The standard InChI is InChI=1S/C59H89N13O22S2/c1-40-29-43(30-41(2)55(40)96(89,90)67-46(58(84)85)33-64-56(82)45-34-68(3)48-31-42(8-9-44(48)54(45)81)32-65-59-62-12-13-63-59)94-24-4-7-49(73)60-10-5-22-91-25-27-93-28-26-92-23-6-11-61-57(83)47(39-95(86,87)88)66-50(74)35-69-14-16-70(36-51(75)76)18-20-72(38-53(79)80)21-19-71(17-15-69)37-52(77)78/h8-9,12-13,29-31,34,46-47,67,86-88H,4-7,10-11,14-28,32-33,35-39H2,1-3H3,(H,60,73)(H,61,83)(H,64,82)(H,66,74)(H,75,76)(H,77,78)(H,79,80)(H,84,85)(H2,62,63,65)/t46-,47+/m0/s1. The normalized spacial score (nSPS) is 14.9. The highest BCUT2D eigenvalue weighted by molar-refractivity contribution is 8.19. The van der Waals surface area contributed by atoms with Crippen molar-refractivity contribution in [3.05, 3.63) is 81.4 Å². The molecule has 0 radical (unpaired) electrons. The Labute approximate surface area is 555 Å². The number of fused-ring (bicyclic) bond motifs is 1. The van der Waals surface area contributed by atoms with E-state index in [-0.39, 0.29) is 164 Å². The first-order valence-electron chi connectivity index (χ1n) is 30.8. The minimum absolute atomic E-state index is 0.0492. The number of carboxylic acid groups (broad SMARTS) is 4. The Kier molecular flexibility index (Phi) is 32.8. The fourth-order valence-corrected chi connectivity index (χ4v) is 12.4. The number of carbonyl (C=O) groups is 8. The van der Waals surface area contributed by atoms with E-state index >= 15 is 0 Å². The summed E-state index contributed by atoms with van der Waals surface area (Å²) < 4.78 is 82.9. The first kappa shape index (κ1) is 78.8. The molecular weight excluding hydrogens is 1310 g/mol. The second kappa shape index (κ2) is 40.0. The summed E-state index contributed by atoms with van der Waals surface area (Å²) in [4.78, 5) is 126. The van der Waals surface area contributed by atoms with E-state index in [9.17, 15) is 85.7 Å². The fraction of sp³-hybridized carbons (Fsp3) is 0.559. The molecule has 4 aromatic rings. The van der Waals surface area contributed by atoms with E-state index in [1.54, 1.807) is 61.8 Å². The molecule has 1 saturated heterocycles. The molecule has 35 nitrogen and oxygen atoms in total. The molecule has 3 heterocycles. The summed E-state index contributed by atoms with van der Waals surface area (Å²) in [5.74, 6) is -7.66. The van der Waals surface area contributed by atoms with Crippen molar-refractivity contribution in [1.82, 2.24) is 60.1 Å². The second-order valence-corrected chi connectivity index (χ2v) is 25.8. The van der Waals surface area contributed by atoms with Gasteiger partial charge in [0.25, 0.3) is 5.91 Å². The average Bonchev–Trinajstić information content (AvgIpc) is 0.850. The number of anilines is 1. The number of carboxylic acids is 4. The molecule has 37 heteroatoms. The molecule has 2 aromatic carbocycles. The lowest BCUT2D eigenvalue weighted by atomic mass is 10.1. The second-order valence-electron chi connectivity index (χ2n) is 22.6. The van der Waals surface area contributed by atoms with Gasteiger partial charge in [0.1, 0.15) is 23.4 Å². The number of nitrogens with zero attached hydrogens (tertiary/aromatic N) is 6. The summed E-state index contributed by atoms with van der Waals surface area (Å²) in [6.07, 6.45) is 5.90. The van der Waals surface area contributed by atoms with Crippen LogP contribution in [0.15, 0.2) is 58.6 Å². The summed E-state index contributed by atoms with van der Waals surface area (Å²) in [6, 6.07) is 4.64. The molecule has 534 valence electrons. The van der Waals surface area contributed by atoms with E-state index in [4.69, 9.17) is 18.9 Å². The molecule has 1 aliphatic rings. The topological polar surface area (TPSA) is 485 Å². The number of nitrogens with one attached hydrogen (secondary N) is 7. The van der Waals surface area contributed by atoms with E-state index in [2.05, 4.69) is 41.3 Å². The number of sulfonamides is 1. The van der Waals surface area contributed by atoms with Crippen LogP contribution < -0.4 is 41.5 Å². The zero-order valence-electron chi connectivity index (χ0n) is 53.8. The monoisotopic (exact) mass is 1400 g/mol. The molecule has 0 bridgehead atoms. The molecule has 0 unspecified atom stereocenters. The number of hydrogen-bond donors (Lipinski definition) is 14. The van der Waals surface area contributed by atoms with Gasteiger partial charge in [-0.15, -0.1) is 0 Å². The number of carbonyl (C=O) groups excluding carboxylic acids is 4. The largest absolute Gasteiger partial charge is 0.494 e. The predicted molar refractivity (Wildman–Crippen MR) is 348 cm³/mol. The molecule has 96 heavy (non-hydrogen) atoms. The smallest absolute Gasteiger partial charge is 0.323 e. The zero-order valence-corrected chi connectivity index (χ0v) is 55.5. The van der Waals surface area contributed by atoms with Gasteiger partial charge in [0.05, 0.1) is 86.2 Å².